The molecule has 0 bridgehead atoms. The molecule has 14 heavy (non-hydrogen) atoms. The van der Waals surface area contributed by atoms with Crippen LogP contribution in [0.25, 0.3) is 0 Å². The van der Waals surface area contributed by atoms with Gasteiger partial charge in [0, 0.05) is 23.7 Å². The molecule has 0 aromatic carbocycles. The third-order valence-corrected chi connectivity index (χ3v) is 3.11. The first kappa shape index (κ1) is 11.5. The van der Waals surface area contributed by atoms with Crippen LogP contribution in [-0.4, -0.2) is 10.4 Å². The minimum absolute atomic E-state index is 0.133. The highest BCUT2D eigenvalue weighted by molar-refractivity contribution is 6.21. The van der Waals surface area contributed by atoms with Gasteiger partial charge in [0.15, 0.2) is 0 Å². The van der Waals surface area contributed by atoms with E-state index in [0.29, 0.717) is 0 Å². The van der Waals surface area contributed by atoms with Crippen molar-refractivity contribution in [1.29, 1.82) is 0 Å². The Balaban J connectivity index is 2.65. The Hall–Kier alpha value is -0.560. The summed E-state index contributed by atoms with van der Waals surface area (Å²) < 4.78 is 0. The third kappa shape index (κ3) is 3.30. The van der Waals surface area contributed by atoms with E-state index in [1.807, 2.05) is 13.1 Å². The molecule has 0 aliphatic carbocycles. The number of alkyl halides is 1. The fraction of sp³-hybridized carbons (Fsp3) is 0.583. The van der Waals surface area contributed by atoms with Gasteiger partial charge < -0.3 is 0 Å². The second-order valence-corrected chi connectivity index (χ2v) is 5.39. The SMILES string of the molecule is Cc1ccc(CC(Cl)C(C)(C)C)nc1. The van der Waals surface area contributed by atoms with Gasteiger partial charge in [0.25, 0.3) is 0 Å². The number of rotatable bonds is 2. The summed E-state index contributed by atoms with van der Waals surface area (Å²) in [6, 6.07) is 4.13. The van der Waals surface area contributed by atoms with E-state index in [9.17, 15) is 0 Å². The molecule has 1 nitrogen and oxygen atoms in total. The zero-order chi connectivity index (χ0) is 10.8. The Kier molecular flexibility index (Phi) is 3.54. The molecular formula is C12H18ClN. The number of pyridine rings is 1. The Bertz CT molecular complexity index is 284. The predicted molar refractivity (Wildman–Crippen MR) is 61.8 cm³/mol. The lowest BCUT2D eigenvalue weighted by molar-refractivity contribution is 0.384. The van der Waals surface area contributed by atoms with Crippen molar-refractivity contribution in [3.8, 4) is 0 Å². The van der Waals surface area contributed by atoms with Gasteiger partial charge in [-0.2, -0.15) is 0 Å². The van der Waals surface area contributed by atoms with Crippen LogP contribution in [0.1, 0.15) is 32.0 Å². The Morgan fingerprint density at radius 2 is 2.00 bits per heavy atom. The monoisotopic (exact) mass is 211 g/mol. The number of hydrogen-bond acceptors (Lipinski definition) is 1. The standard InChI is InChI=1S/C12H18ClN/c1-9-5-6-10(14-8-9)7-11(13)12(2,3)4/h5-6,8,11H,7H2,1-4H3. The number of nitrogens with zero attached hydrogens (tertiary/aromatic N) is 1. The molecule has 0 spiro atoms. The third-order valence-electron chi connectivity index (χ3n) is 2.30. The first-order chi connectivity index (χ1) is 6.39. The van der Waals surface area contributed by atoms with Crippen molar-refractivity contribution in [1.82, 2.24) is 4.98 Å². The molecule has 0 aliphatic heterocycles. The molecule has 78 valence electrons. The van der Waals surface area contributed by atoms with E-state index < -0.39 is 0 Å². The van der Waals surface area contributed by atoms with E-state index in [0.717, 1.165) is 12.1 Å². The van der Waals surface area contributed by atoms with Gasteiger partial charge in [-0.1, -0.05) is 26.8 Å². The normalized spacial score (nSPS) is 14.1. The molecule has 0 fully saturated rings. The molecule has 0 radical (unpaired) electrons. The topological polar surface area (TPSA) is 12.9 Å². The van der Waals surface area contributed by atoms with Crippen LogP contribution in [0.5, 0.6) is 0 Å². The molecular weight excluding hydrogens is 194 g/mol. The molecule has 1 rings (SSSR count). The summed E-state index contributed by atoms with van der Waals surface area (Å²) in [6.07, 6.45) is 2.73. The lowest BCUT2D eigenvalue weighted by Crippen LogP contribution is -2.23. The molecule has 0 saturated carbocycles. The van der Waals surface area contributed by atoms with Crippen LogP contribution in [0.2, 0.25) is 0 Å². The van der Waals surface area contributed by atoms with Crippen LogP contribution in [-0.2, 0) is 6.42 Å². The molecule has 2 heteroatoms. The molecule has 0 aliphatic rings. The second-order valence-electron chi connectivity index (χ2n) is 4.86. The molecule has 1 aromatic heterocycles. The fourth-order valence-electron chi connectivity index (χ4n) is 1.11. The van der Waals surface area contributed by atoms with Crippen molar-refractivity contribution >= 4 is 11.6 Å². The quantitative estimate of drug-likeness (QED) is 0.682. The minimum Gasteiger partial charge on any atom is -0.261 e. The first-order valence-corrected chi connectivity index (χ1v) is 5.39. The van der Waals surface area contributed by atoms with E-state index in [-0.39, 0.29) is 10.8 Å². The lowest BCUT2D eigenvalue weighted by Gasteiger charge is -2.24. The van der Waals surface area contributed by atoms with E-state index in [4.69, 9.17) is 11.6 Å². The Labute approximate surface area is 91.5 Å². The minimum atomic E-state index is 0.133. The average molecular weight is 212 g/mol. The molecule has 0 saturated heterocycles. The van der Waals surface area contributed by atoms with Crippen molar-refractivity contribution in [3.05, 3.63) is 29.6 Å². The second kappa shape index (κ2) is 4.31. The van der Waals surface area contributed by atoms with E-state index in [1.54, 1.807) is 0 Å². The van der Waals surface area contributed by atoms with Crippen LogP contribution in [0.15, 0.2) is 18.3 Å². The van der Waals surface area contributed by atoms with Crippen LogP contribution < -0.4 is 0 Å². The fourth-order valence-corrected chi connectivity index (χ4v) is 1.27. The summed E-state index contributed by atoms with van der Waals surface area (Å²) in [4.78, 5) is 4.35. The van der Waals surface area contributed by atoms with Gasteiger partial charge in [-0.3, -0.25) is 4.98 Å². The van der Waals surface area contributed by atoms with E-state index >= 15 is 0 Å². The van der Waals surface area contributed by atoms with Gasteiger partial charge in [-0.25, -0.2) is 0 Å². The van der Waals surface area contributed by atoms with Gasteiger partial charge in [0.1, 0.15) is 0 Å². The molecule has 0 amide bonds. The summed E-state index contributed by atoms with van der Waals surface area (Å²) in [5.74, 6) is 0. The van der Waals surface area contributed by atoms with Crippen molar-refractivity contribution in [2.75, 3.05) is 0 Å². The highest BCUT2D eigenvalue weighted by atomic mass is 35.5. The number of hydrogen-bond donors (Lipinski definition) is 0. The number of halogens is 1. The van der Waals surface area contributed by atoms with Crippen molar-refractivity contribution in [2.45, 2.75) is 39.5 Å². The van der Waals surface area contributed by atoms with Gasteiger partial charge in [0.05, 0.1) is 0 Å². The molecule has 1 aromatic rings. The summed E-state index contributed by atoms with van der Waals surface area (Å²) >= 11 is 6.29. The predicted octanol–water partition coefficient (Wildman–Crippen LogP) is 3.59. The maximum absolute atomic E-state index is 6.29. The maximum Gasteiger partial charge on any atom is 0.0439 e. The van der Waals surface area contributed by atoms with Gasteiger partial charge >= 0.3 is 0 Å². The lowest BCUT2D eigenvalue weighted by atomic mass is 9.89. The summed E-state index contributed by atoms with van der Waals surface area (Å²) in [6.45, 7) is 8.50. The van der Waals surface area contributed by atoms with Crippen LogP contribution in [0, 0.1) is 12.3 Å². The van der Waals surface area contributed by atoms with Crippen molar-refractivity contribution < 1.29 is 0 Å². The molecule has 1 heterocycles. The van der Waals surface area contributed by atoms with Gasteiger partial charge in [-0.05, 0) is 24.0 Å². The number of aromatic nitrogens is 1. The largest absolute Gasteiger partial charge is 0.261 e. The first-order valence-electron chi connectivity index (χ1n) is 4.95. The summed E-state index contributed by atoms with van der Waals surface area (Å²) in [7, 11) is 0. The van der Waals surface area contributed by atoms with E-state index in [2.05, 4.69) is 37.9 Å². The van der Waals surface area contributed by atoms with Crippen LogP contribution >= 0.6 is 11.6 Å². The van der Waals surface area contributed by atoms with Crippen LogP contribution in [0.4, 0.5) is 0 Å². The maximum atomic E-state index is 6.29. The van der Waals surface area contributed by atoms with Crippen molar-refractivity contribution in [3.63, 3.8) is 0 Å². The zero-order valence-corrected chi connectivity index (χ0v) is 10.1. The molecule has 0 N–H and O–H groups in total. The average Bonchev–Trinajstić information content (AvgIpc) is 2.07. The number of aryl methyl sites for hydroxylation is 1. The molecule has 1 atom stereocenters. The molecule has 1 unspecified atom stereocenters. The van der Waals surface area contributed by atoms with Gasteiger partial charge in [-0.15, -0.1) is 11.6 Å². The highest BCUT2D eigenvalue weighted by Gasteiger charge is 2.22. The van der Waals surface area contributed by atoms with Crippen molar-refractivity contribution in [2.24, 2.45) is 5.41 Å². The van der Waals surface area contributed by atoms with E-state index in [1.165, 1.54) is 5.56 Å². The zero-order valence-electron chi connectivity index (χ0n) is 9.34. The smallest absolute Gasteiger partial charge is 0.0439 e. The summed E-state index contributed by atoms with van der Waals surface area (Å²) in [5, 5.41) is 0.137. The highest BCUT2D eigenvalue weighted by Crippen LogP contribution is 2.26. The van der Waals surface area contributed by atoms with Crippen LogP contribution in [0.3, 0.4) is 0 Å². The van der Waals surface area contributed by atoms with Gasteiger partial charge in [0.2, 0.25) is 0 Å². The Morgan fingerprint density at radius 1 is 1.36 bits per heavy atom. The summed E-state index contributed by atoms with van der Waals surface area (Å²) in [5.41, 5.74) is 2.40. The Morgan fingerprint density at radius 3 is 2.43 bits per heavy atom.